The molecule has 9 nitrogen and oxygen atoms in total. The number of hydrogen-bond donors (Lipinski definition) is 2. The quantitative estimate of drug-likeness (QED) is 0.443. The maximum Gasteiger partial charge on any atom is 0.232 e. The molecule has 0 spiro atoms. The Morgan fingerprint density at radius 3 is 2.44 bits per heavy atom. The van der Waals surface area contributed by atoms with Crippen LogP contribution in [0.3, 0.4) is 0 Å². The lowest BCUT2D eigenvalue weighted by Gasteiger charge is -2.11. The molecule has 9 heteroatoms. The van der Waals surface area contributed by atoms with Crippen LogP contribution in [-0.2, 0) is 6.54 Å². The van der Waals surface area contributed by atoms with Gasteiger partial charge in [0.25, 0.3) is 0 Å². The summed E-state index contributed by atoms with van der Waals surface area (Å²) in [5, 5.41) is 12.0. The first kappa shape index (κ1) is 19.1. The number of nitrogens with two attached hydrogens (primary N) is 1. The van der Waals surface area contributed by atoms with Crippen LogP contribution in [0.15, 0.2) is 73.3 Å². The largest absolute Gasteiger partial charge is 0.383 e. The Hall–Kier alpha value is -4.84. The first-order chi connectivity index (χ1) is 15.7. The zero-order valence-electron chi connectivity index (χ0n) is 16.8. The predicted molar refractivity (Wildman–Crippen MR) is 121 cm³/mol. The molecular weight excluding hydrogens is 402 g/mol. The molecule has 3 N–H and O–H groups in total. The lowest BCUT2D eigenvalue weighted by atomic mass is 10.2. The van der Waals surface area contributed by atoms with Crippen molar-refractivity contribution in [1.29, 1.82) is 5.26 Å². The van der Waals surface area contributed by atoms with Gasteiger partial charge in [0.2, 0.25) is 5.82 Å². The summed E-state index contributed by atoms with van der Waals surface area (Å²) >= 11 is 0. The minimum Gasteiger partial charge on any atom is -0.383 e. The van der Waals surface area contributed by atoms with Crippen LogP contribution >= 0.6 is 0 Å². The number of rotatable bonds is 5. The van der Waals surface area contributed by atoms with Gasteiger partial charge in [-0.1, -0.05) is 12.1 Å². The number of aromatic nitrogens is 6. The first-order valence-electron chi connectivity index (χ1n) is 9.82. The first-order valence-corrected chi connectivity index (χ1v) is 9.82. The number of nitriles is 1. The van der Waals surface area contributed by atoms with Crippen molar-refractivity contribution in [3.05, 3.63) is 84.7 Å². The number of nitrogens with one attached hydrogen (secondary N) is 1. The van der Waals surface area contributed by atoms with Crippen molar-refractivity contribution in [2.75, 3.05) is 11.1 Å². The van der Waals surface area contributed by atoms with E-state index in [9.17, 15) is 0 Å². The third-order valence-corrected chi connectivity index (χ3v) is 4.94. The predicted octanol–water partition coefficient (Wildman–Crippen LogP) is 3.34. The van der Waals surface area contributed by atoms with Gasteiger partial charge in [0.05, 0.1) is 23.6 Å². The van der Waals surface area contributed by atoms with Gasteiger partial charge in [-0.05, 0) is 42.0 Å². The van der Waals surface area contributed by atoms with Crippen LogP contribution in [0.4, 0.5) is 11.5 Å². The Balaban J connectivity index is 1.47. The summed E-state index contributed by atoms with van der Waals surface area (Å²) < 4.78 is 1.98. The maximum atomic E-state index is 8.80. The summed E-state index contributed by atoms with van der Waals surface area (Å²) in [6.07, 6.45) is 6.58. The van der Waals surface area contributed by atoms with Crippen LogP contribution in [0.5, 0.6) is 0 Å². The molecule has 0 saturated carbocycles. The average molecular weight is 419 g/mol. The molecule has 5 aromatic rings. The van der Waals surface area contributed by atoms with Gasteiger partial charge in [0.1, 0.15) is 17.4 Å². The number of hydrogen-bond acceptors (Lipinski definition) is 8. The molecule has 0 fully saturated rings. The highest BCUT2D eigenvalue weighted by Crippen LogP contribution is 2.30. The molecule has 0 unspecified atom stereocenters. The van der Waals surface area contributed by atoms with Crippen molar-refractivity contribution in [2.45, 2.75) is 6.54 Å². The van der Waals surface area contributed by atoms with Crippen molar-refractivity contribution in [1.82, 2.24) is 29.5 Å². The number of pyridine rings is 2. The molecule has 0 atom stereocenters. The molecule has 0 radical (unpaired) electrons. The fourth-order valence-electron chi connectivity index (χ4n) is 3.39. The summed E-state index contributed by atoms with van der Waals surface area (Å²) in [7, 11) is 0. The highest BCUT2D eigenvalue weighted by Gasteiger charge is 2.17. The van der Waals surface area contributed by atoms with E-state index in [1.54, 1.807) is 24.8 Å². The van der Waals surface area contributed by atoms with E-state index in [1.807, 2.05) is 59.2 Å². The number of imidazole rings is 1. The van der Waals surface area contributed by atoms with E-state index in [0.717, 1.165) is 33.7 Å². The summed E-state index contributed by atoms with van der Waals surface area (Å²) in [4.78, 5) is 21.4. The molecule has 0 saturated heterocycles. The van der Waals surface area contributed by atoms with E-state index in [-0.39, 0.29) is 5.82 Å². The van der Waals surface area contributed by atoms with E-state index in [1.165, 1.54) is 0 Å². The summed E-state index contributed by atoms with van der Waals surface area (Å²) in [6, 6.07) is 17.5. The van der Waals surface area contributed by atoms with Crippen LogP contribution in [0.25, 0.3) is 28.2 Å². The SMILES string of the molecule is N#Cc1ncc(NCc2ccc(-n3c(-c4cccnc4N)nc4cccnc43)cc2)cn1. The van der Waals surface area contributed by atoms with E-state index in [4.69, 9.17) is 16.0 Å². The van der Waals surface area contributed by atoms with Gasteiger partial charge < -0.3 is 11.1 Å². The van der Waals surface area contributed by atoms with Gasteiger partial charge in [-0.2, -0.15) is 5.26 Å². The average Bonchev–Trinajstić information content (AvgIpc) is 3.23. The standard InChI is InChI=1S/C23H17N9/c24-11-20-29-13-16(14-30-20)28-12-15-5-7-17(8-6-15)32-22(18-3-1-9-26-21(18)25)31-19-4-2-10-27-23(19)32/h1-10,13-14,28H,12H2,(H2,25,26). The molecule has 5 rings (SSSR count). The summed E-state index contributed by atoms with van der Waals surface area (Å²) in [6.45, 7) is 0.584. The number of fused-ring (bicyclic) bond motifs is 1. The van der Waals surface area contributed by atoms with Crippen molar-refractivity contribution in [3.8, 4) is 23.1 Å². The van der Waals surface area contributed by atoms with Gasteiger partial charge >= 0.3 is 0 Å². The number of benzene rings is 1. The van der Waals surface area contributed by atoms with Crippen molar-refractivity contribution in [3.63, 3.8) is 0 Å². The minimum absolute atomic E-state index is 0.145. The lowest BCUT2D eigenvalue weighted by Crippen LogP contribution is -2.03. The highest BCUT2D eigenvalue weighted by molar-refractivity contribution is 5.82. The lowest BCUT2D eigenvalue weighted by molar-refractivity contribution is 1.06. The topological polar surface area (TPSA) is 131 Å². The maximum absolute atomic E-state index is 8.80. The van der Waals surface area contributed by atoms with Crippen LogP contribution < -0.4 is 11.1 Å². The number of nitrogen functional groups attached to an aromatic ring is 1. The Morgan fingerprint density at radius 1 is 0.938 bits per heavy atom. The Bertz CT molecular complexity index is 1430. The molecule has 1 aromatic carbocycles. The van der Waals surface area contributed by atoms with Crippen LogP contribution in [0, 0.1) is 11.3 Å². The molecule has 0 aliphatic carbocycles. The normalized spacial score (nSPS) is 10.7. The van der Waals surface area contributed by atoms with E-state index < -0.39 is 0 Å². The van der Waals surface area contributed by atoms with E-state index in [0.29, 0.717) is 18.2 Å². The summed E-state index contributed by atoms with van der Waals surface area (Å²) in [5.41, 5.74) is 11.1. The molecule has 4 aromatic heterocycles. The van der Waals surface area contributed by atoms with Gasteiger partial charge in [-0.3, -0.25) is 4.57 Å². The molecule has 0 aliphatic heterocycles. The monoisotopic (exact) mass is 419 g/mol. The fourth-order valence-corrected chi connectivity index (χ4v) is 3.39. The number of nitrogens with zero attached hydrogens (tertiary/aromatic N) is 7. The highest BCUT2D eigenvalue weighted by atomic mass is 15.1. The Labute approximate surface area is 183 Å². The molecule has 0 amide bonds. The van der Waals surface area contributed by atoms with Gasteiger partial charge in [-0.25, -0.2) is 24.9 Å². The van der Waals surface area contributed by atoms with Crippen molar-refractivity contribution in [2.24, 2.45) is 0 Å². The van der Waals surface area contributed by atoms with Crippen LogP contribution in [-0.4, -0.2) is 29.5 Å². The molecular formula is C23H17N9. The van der Waals surface area contributed by atoms with Crippen molar-refractivity contribution < 1.29 is 0 Å². The fraction of sp³-hybridized carbons (Fsp3) is 0.0435. The second-order valence-corrected chi connectivity index (χ2v) is 6.98. The molecule has 4 heterocycles. The number of anilines is 2. The second-order valence-electron chi connectivity index (χ2n) is 6.98. The molecule has 32 heavy (non-hydrogen) atoms. The molecule has 0 bridgehead atoms. The van der Waals surface area contributed by atoms with Gasteiger partial charge in [-0.15, -0.1) is 0 Å². The van der Waals surface area contributed by atoms with Crippen LogP contribution in [0.2, 0.25) is 0 Å². The van der Waals surface area contributed by atoms with Gasteiger partial charge in [0, 0.05) is 24.6 Å². The van der Waals surface area contributed by atoms with Crippen molar-refractivity contribution >= 4 is 22.7 Å². The Morgan fingerprint density at radius 2 is 1.69 bits per heavy atom. The third kappa shape index (κ3) is 3.57. The zero-order chi connectivity index (χ0) is 21.9. The summed E-state index contributed by atoms with van der Waals surface area (Å²) in [5.74, 6) is 1.24. The smallest absolute Gasteiger partial charge is 0.232 e. The zero-order valence-corrected chi connectivity index (χ0v) is 16.8. The van der Waals surface area contributed by atoms with E-state index >= 15 is 0 Å². The molecule has 154 valence electrons. The second kappa shape index (κ2) is 8.12. The van der Waals surface area contributed by atoms with Gasteiger partial charge in [0.15, 0.2) is 11.5 Å². The molecule has 0 aliphatic rings. The van der Waals surface area contributed by atoms with Crippen LogP contribution in [0.1, 0.15) is 11.4 Å². The Kier molecular flexibility index (Phi) is 4.86. The van der Waals surface area contributed by atoms with E-state index in [2.05, 4.69) is 25.3 Å². The third-order valence-electron chi connectivity index (χ3n) is 4.94. The minimum atomic E-state index is 0.145.